The van der Waals surface area contributed by atoms with Crippen molar-refractivity contribution in [3.63, 3.8) is 0 Å². The van der Waals surface area contributed by atoms with Crippen molar-refractivity contribution in [2.75, 3.05) is 32.2 Å². The highest BCUT2D eigenvalue weighted by molar-refractivity contribution is 5.62. The number of hydrogen-bond acceptors (Lipinski definition) is 3. The number of rotatable bonds is 3. The van der Waals surface area contributed by atoms with E-state index in [2.05, 4.69) is 17.9 Å². The van der Waals surface area contributed by atoms with Gasteiger partial charge in [-0.15, -0.1) is 0 Å². The van der Waals surface area contributed by atoms with E-state index in [4.69, 9.17) is 9.47 Å². The Balaban J connectivity index is 2.37. The third kappa shape index (κ3) is 1.94. The smallest absolute Gasteiger partial charge is 0.162 e. The molecule has 0 atom stereocenters. The summed E-state index contributed by atoms with van der Waals surface area (Å²) in [5.41, 5.74) is 2.52. The fourth-order valence-electron chi connectivity index (χ4n) is 2.27. The Labute approximate surface area is 97.0 Å². The molecule has 0 amide bonds. The van der Waals surface area contributed by atoms with Gasteiger partial charge in [-0.25, -0.2) is 0 Å². The lowest BCUT2D eigenvalue weighted by atomic mass is 10.1. The Morgan fingerprint density at radius 1 is 1.00 bits per heavy atom. The molecule has 3 heteroatoms. The molecule has 0 aromatic heterocycles. The first-order chi connectivity index (χ1) is 7.76. The Kier molecular flexibility index (Phi) is 3.22. The standard InChI is InChI=1S/C13H19NO2/c1-10-8-12(15-2)13(16-3)9-11(10)14-6-4-5-7-14/h8-9H,4-7H2,1-3H3. The first-order valence-corrected chi connectivity index (χ1v) is 5.74. The summed E-state index contributed by atoms with van der Waals surface area (Å²) in [6.07, 6.45) is 2.57. The maximum absolute atomic E-state index is 5.34. The van der Waals surface area contributed by atoms with Crippen molar-refractivity contribution in [2.24, 2.45) is 0 Å². The number of aryl methyl sites for hydroxylation is 1. The lowest BCUT2D eigenvalue weighted by Gasteiger charge is -2.21. The van der Waals surface area contributed by atoms with Gasteiger partial charge in [0.1, 0.15) is 0 Å². The quantitative estimate of drug-likeness (QED) is 0.783. The second-order valence-electron chi connectivity index (χ2n) is 4.19. The fraction of sp³-hybridized carbons (Fsp3) is 0.538. The van der Waals surface area contributed by atoms with Gasteiger partial charge in [0, 0.05) is 24.8 Å². The summed E-state index contributed by atoms with van der Waals surface area (Å²) in [5.74, 6) is 1.62. The predicted molar refractivity (Wildman–Crippen MR) is 65.7 cm³/mol. The van der Waals surface area contributed by atoms with Crippen LogP contribution in [0.1, 0.15) is 18.4 Å². The zero-order valence-electron chi connectivity index (χ0n) is 10.2. The molecular formula is C13H19NO2. The van der Waals surface area contributed by atoms with E-state index in [0.717, 1.165) is 24.6 Å². The van der Waals surface area contributed by atoms with E-state index in [1.165, 1.54) is 24.1 Å². The molecule has 1 saturated heterocycles. The van der Waals surface area contributed by atoms with Crippen LogP contribution < -0.4 is 14.4 Å². The van der Waals surface area contributed by atoms with E-state index in [-0.39, 0.29) is 0 Å². The molecule has 0 unspecified atom stereocenters. The molecule has 16 heavy (non-hydrogen) atoms. The van der Waals surface area contributed by atoms with E-state index in [0.29, 0.717) is 0 Å². The number of hydrogen-bond donors (Lipinski definition) is 0. The lowest BCUT2D eigenvalue weighted by molar-refractivity contribution is 0.354. The predicted octanol–water partition coefficient (Wildman–Crippen LogP) is 2.61. The van der Waals surface area contributed by atoms with Crippen LogP contribution in [0.4, 0.5) is 5.69 Å². The molecular weight excluding hydrogens is 202 g/mol. The topological polar surface area (TPSA) is 21.7 Å². The van der Waals surface area contributed by atoms with E-state index in [9.17, 15) is 0 Å². The molecule has 0 aliphatic carbocycles. The van der Waals surface area contributed by atoms with Crippen LogP contribution in [0.5, 0.6) is 11.5 Å². The van der Waals surface area contributed by atoms with Gasteiger partial charge in [0.15, 0.2) is 11.5 Å². The van der Waals surface area contributed by atoms with Gasteiger partial charge >= 0.3 is 0 Å². The average Bonchev–Trinajstić information content (AvgIpc) is 2.82. The summed E-state index contributed by atoms with van der Waals surface area (Å²) in [7, 11) is 3.35. The molecule has 0 N–H and O–H groups in total. The molecule has 1 aliphatic heterocycles. The van der Waals surface area contributed by atoms with Gasteiger partial charge in [-0.05, 0) is 31.4 Å². The van der Waals surface area contributed by atoms with Crippen LogP contribution in [-0.2, 0) is 0 Å². The summed E-state index contributed by atoms with van der Waals surface area (Å²) in [6.45, 7) is 4.42. The lowest BCUT2D eigenvalue weighted by Crippen LogP contribution is -2.18. The Morgan fingerprint density at radius 2 is 1.56 bits per heavy atom. The highest BCUT2D eigenvalue weighted by atomic mass is 16.5. The Hall–Kier alpha value is -1.38. The maximum atomic E-state index is 5.34. The number of methoxy groups -OCH3 is 2. The zero-order valence-corrected chi connectivity index (χ0v) is 10.2. The molecule has 88 valence electrons. The largest absolute Gasteiger partial charge is 0.493 e. The molecule has 0 spiro atoms. The normalized spacial score (nSPS) is 15.3. The van der Waals surface area contributed by atoms with Crippen LogP contribution >= 0.6 is 0 Å². The highest BCUT2D eigenvalue weighted by Gasteiger charge is 2.17. The minimum atomic E-state index is 0.808. The molecule has 3 nitrogen and oxygen atoms in total. The first-order valence-electron chi connectivity index (χ1n) is 5.74. The molecule has 0 bridgehead atoms. The second-order valence-corrected chi connectivity index (χ2v) is 4.19. The van der Waals surface area contributed by atoms with Crippen molar-refractivity contribution in [1.82, 2.24) is 0 Å². The van der Waals surface area contributed by atoms with Crippen molar-refractivity contribution in [3.05, 3.63) is 17.7 Å². The third-order valence-electron chi connectivity index (χ3n) is 3.15. The Morgan fingerprint density at radius 3 is 2.12 bits per heavy atom. The monoisotopic (exact) mass is 221 g/mol. The molecule has 0 saturated carbocycles. The highest BCUT2D eigenvalue weighted by Crippen LogP contribution is 2.35. The van der Waals surface area contributed by atoms with Gasteiger partial charge in [0.05, 0.1) is 14.2 Å². The fourth-order valence-corrected chi connectivity index (χ4v) is 2.27. The summed E-state index contributed by atoms with van der Waals surface area (Å²) in [4.78, 5) is 2.41. The summed E-state index contributed by atoms with van der Waals surface area (Å²) >= 11 is 0. The van der Waals surface area contributed by atoms with E-state index < -0.39 is 0 Å². The number of anilines is 1. The van der Waals surface area contributed by atoms with Crippen molar-refractivity contribution >= 4 is 5.69 Å². The molecule has 1 aromatic carbocycles. The van der Waals surface area contributed by atoms with Crippen LogP contribution in [0.2, 0.25) is 0 Å². The molecule has 1 aromatic rings. The van der Waals surface area contributed by atoms with Gasteiger partial charge in [0.25, 0.3) is 0 Å². The van der Waals surface area contributed by atoms with Gasteiger partial charge in [-0.3, -0.25) is 0 Å². The molecule has 2 rings (SSSR count). The van der Waals surface area contributed by atoms with E-state index in [1.54, 1.807) is 14.2 Å². The van der Waals surface area contributed by atoms with Crippen LogP contribution in [0, 0.1) is 6.92 Å². The number of nitrogens with zero attached hydrogens (tertiary/aromatic N) is 1. The van der Waals surface area contributed by atoms with Crippen LogP contribution in [0.3, 0.4) is 0 Å². The number of ether oxygens (including phenoxy) is 2. The summed E-state index contributed by atoms with van der Waals surface area (Å²) in [5, 5.41) is 0. The minimum absolute atomic E-state index is 0.808. The molecule has 1 fully saturated rings. The molecule has 0 radical (unpaired) electrons. The van der Waals surface area contributed by atoms with Crippen molar-refractivity contribution < 1.29 is 9.47 Å². The second kappa shape index (κ2) is 4.64. The average molecular weight is 221 g/mol. The summed E-state index contributed by atoms with van der Waals surface area (Å²) < 4.78 is 10.6. The Bertz CT molecular complexity index is 370. The van der Waals surface area contributed by atoms with Crippen molar-refractivity contribution in [2.45, 2.75) is 19.8 Å². The van der Waals surface area contributed by atoms with E-state index >= 15 is 0 Å². The minimum Gasteiger partial charge on any atom is -0.493 e. The van der Waals surface area contributed by atoms with E-state index in [1.807, 2.05) is 6.07 Å². The molecule has 1 aliphatic rings. The summed E-state index contributed by atoms with van der Waals surface area (Å²) in [6, 6.07) is 4.13. The van der Waals surface area contributed by atoms with Crippen molar-refractivity contribution in [3.8, 4) is 11.5 Å². The SMILES string of the molecule is COc1cc(C)c(N2CCCC2)cc1OC. The van der Waals surface area contributed by atoms with Crippen LogP contribution in [0.25, 0.3) is 0 Å². The van der Waals surface area contributed by atoms with Gasteiger partial charge in [-0.1, -0.05) is 0 Å². The maximum Gasteiger partial charge on any atom is 0.162 e. The van der Waals surface area contributed by atoms with Crippen LogP contribution in [-0.4, -0.2) is 27.3 Å². The molecule has 1 heterocycles. The third-order valence-corrected chi connectivity index (χ3v) is 3.15. The van der Waals surface area contributed by atoms with Gasteiger partial charge in [-0.2, -0.15) is 0 Å². The van der Waals surface area contributed by atoms with Crippen molar-refractivity contribution in [1.29, 1.82) is 0 Å². The van der Waals surface area contributed by atoms with Gasteiger partial charge < -0.3 is 14.4 Å². The first kappa shape index (κ1) is 11.1. The van der Waals surface area contributed by atoms with Crippen LogP contribution in [0.15, 0.2) is 12.1 Å². The zero-order chi connectivity index (χ0) is 11.5. The van der Waals surface area contributed by atoms with Gasteiger partial charge in [0.2, 0.25) is 0 Å². The number of benzene rings is 1.